The first-order valence-electron chi connectivity index (χ1n) is 5.93. The molecule has 0 saturated carbocycles. The molecule has 0 aliphatic rings. The van der Waals surface area contributed by atoms with E-state index >= 15 is 0 Å². The number of nitrogen functional groups attached to an aromatic ring is 1. The van der Waals surface area contributed by atoms with Crippen molar-refractivity contribution in [2.75, 3.05) is 20.0 Å². The van der Waals surface area contributed by atoms with Crippen LogP contribution in [0.15, 0.2) is 47.4 Å². The number of methoxy groups -OCH3 is 2. The standard InChI is InChI=1S/C15H17NO2S/c1-17-13-8-7-11(9-12(13)16)10-19-15-6-4-3-5-14(15)18-2/h3-9H,10,16H2,1-2H3. The minimum absolute atomic E-state index is 0.667. The molecule has 0 radical (unpaired) electrons. The van der Waals surface area contributed by atoms with E-state index in [1.54, 1.807) is 26.0 Å². The number of rotatable bonds is 5. The third kappa shape index (κ3) is 3.35. The third-order valence-corrected chi connectivity index (χ3v) is 3.88. The Hall–Kier alpha value is -1.81. The highest BCUT2D eigenvalue weighted by molar-refractivity contribution is 7.98. The first-order valence-corrected chi connectivity index (χ1v) is 6.91. The molecule has 0 bridgehead atoms. The summed E-state index contributed by atoms with van der Waals surface area (Å²) in [7, 11) is 3.31. The smallest absolute Gasteiger partial charge is 0.141 e. The zero-order chi connectivity index (χ0) is 13.7. The Morgan fingerprint density at radius 1 is 1.00 bits per heavy atom. The maximum atomic E-state index is 5.90. The van der Waals surface area contributed by atoms with Gasteiger partial charge in [0.1, 0.15) is 11.5 Å². The van der Waals surface area contributed by atoms with Crippen molar-refractivity contribution in [3.8, 4) is 11.5 Å². The van der Waals surface area contributed by atoms with Crippen LogP contribution < -0.4 is 15.2 Å². The molecular formula is C15H17NO2S. The van der Waals surface area contributed by atoms with Crippen LogP contribution in [0.5, 0.6) is 11.5 Å². The zero-order valence-corrected chi connectivity index (χ0v) is 11.9. The van der Waals surface area contributed by atoms with Gasteiger partial charge in [-0.2, -0.15) is 0 Å². The van der Waals surface area contributed by atoms with Crippen LogP contribution in [0.1, 0.15) is 5.56 Å². The van der Waals surface area contributed by atoms with Crippen molar-refractivity contribution < 1.29 is 9.47 Å². The van der Waals surface area contributed by atoms with Crippen LogP contribution >= 0.6 is 11.8 Å². The predicted molar refractivity (Wildman–Crippen MR) is 80.0 cm³/mol. The highest BCUT2D eigenvalue weighted by Crippen LogP contribution is 2.32. The molecule has 0 heterocycles. The van der Waals surface area contributed by atoms with E-state index in [2.05, 4.69) is 6.07 Å². The van der Waals surface area contributed by atoms with Gasteiger partial charge >= 0.3 is 0 Å². The quantitative estimate of drug-likeness (QED) is 0.669. The lowest BCUT2D eigenvalue weighted by Crippen LogP contribution is -1.93. The summed E-state index contributed by atoms with van der Waals surface area (Å²) in [5.41, 5.74) is 7.73. The molecule has 3 nitrogen and oxygen atoms in total. The van der Waals surface area contributed by atoms with Gasteiger partial charge in [0, 0.05) is 10.6 Å². The molecule has 2 aromatic carbocycles. The van der Waals surface area contributed by atoms with Crippen LogP contribution in [-0.2, 0) is 5.75 Å². The largest absolute Gasteiger partial charge is 0.496 e. The fraction of sp³-hybridized carbons (Fsp3) is 0.200. The number of ether oxygens (including phenoxy) is 2. The molecule has 0 fully saturated rings. The Morgan fingerprint density at radius 3 is 2.42 bits per heavy atom. The van der Waals surface area contributed by atoms with E-state index in [1.807, 2.05) is 36.4 Å². The molecule has 2 rings (SSSR count). The van der Waals surface area contributed by atoms with E-state index in [1.165, 1.54) is 0 Å². The summed E-state index contributed by atoms with van der Waals surface area (Å²) in [6.45, 7) is 0. The van der Waals surface area contributed by atoms with Gasteiger partial charge in [0.15, 0.2) is 0 Å². The number of hydrogen-bond acceptors (Lipinski definition) is 4. The predicted octanol–water partition coefficient (Wildman–Crippen LogP) is 3.58. The van der Waals surface area contributed by atoms with Gasteiger partial charge < -0.3 is 15.2 Å². The van der Waals surface area contributed by atoms with E-state index < -0.39 is 0 Å². The molecule has 0 atom stereocenters. The average molecular weight is 275 g/mol. The van der Waals surface area contributed by atoms with Crippen molar-refractivity contribution in [2.45, 2.75) is 10.6 Å². The van der Waals surface area contributed by atoms with Crippen molar-refractivity contribution in [3.05, 3.63) is 48.0 Å². The summed E-state index contributed by atoms with van der Waals surface area (Å²) in [5.74, 6) is 2.45. The second-order valence-electron chi connectivity index (χ2n) is 4.02. The summed E-state index contributed by atoms with van der Waals surface area (Å²) in [6, 6.07) is 13.9. The maximum absolute atomic E-state index is 5.90. The average Bonchev–Trinajstić information content (AvgIpc) is 2.45. The Balaban J connectivity index is 2.08. The topological polar surface area (TPSA) is 44.5 Å². The van der Waals surface area contributed by atoms with Crippen LogP contribution in [0, 0.1) is 0 Å². The highest BCUT2D eigenvalue weighted by Gasteiger charge is 2.05. The summed E-state index contributed by atoms with van der Waals surface area (Å²) in [5, 5.41) is 0. The normalized spacial score (nSPS) is 10.2. The molecule has 0 aliphatic heterocycles. The van der Waals surface area contributed by atoms with Gasteiger partial charge in [0.25, 0.3) is 0 Å². The first-order chi connectivity index (χ1) is 9.24. The number of para-hydroxylation sites is 1. The van der Waals surface area contributed by atoms with E-state index in [-0.39, 0.29) is 0 Å². The van der Waals surface area contributed by atoms with Crippen LogP contribution in [0.25, 0.3) is 0 Å². The molecule has 2 aromatic rings. The Kier molecular flexibility index (Phi) is 4.58. The summed E-state index contributed by atoms with van der Waals surface area (Å²) in [6.07, 6.45) is 0. The second kappa shape index (κ2) is 6.38. The number of anilines is 1. The molecular weight excluding hydrogens is 258 g/mol. The minimum atomic E-state index is 0.667. The minimum Gasteiger partial charge on any atom is -0.496 e. The van der Waals surface area contributed by atoms with Gasteiger partial charge in [0.2, 0.25) is 0 Å². The van der Waals surface area contributed by atoms with E-state index in [9.17, 15) is 0 Å². The molecule has 0 aromatic heterocycles. The van der Waals surface area contributed by atoms with Gasteiger partial charge in [-0.3, -0.25) is 0 Å². The number of nitrogens with two attached hydrogens (primary N) is 1. The number of benzene rings is 2. The fourth-order valence-electron chi connectivity index (χ4n) is 1.77. The molecule has 0 saturated heterocycles. The summed E-state index contributed by atoms with van der Waals surface area (Å²) >= 11 is 1.73. The Bertz CT molecular complexity index is 558. The Labute approximate surface area is 117 Å². The molecule has 4 heteroatoms. The van der Waals surface area contributed by atoms with Crippen molar-refractivity contribution in [1.82, 2.24) is 0 Å². The third-order valence-electron chi connectivity index (χ3n) is 2.76. The SMILES string of the molecule is COc1ccc(CSc2ccccc2OC)cc1N. The van der Waals surface area contributed by atoms with Crippen LogP contribution in [-0.4, -0.2) is 14.2 Å². The highest BCUT2D eigenvalue weighted by atomic mass is 32.2. The zero-order valence-electron chi connectivity index (χ0n) is 11.1. The van der Waals surface area contributed by atoms with E-state index in [0.29, 0.717) is 11.4 Å². The van der Waals surface area contributed by atoms with E-state index in [0.717, 1.165) is 22.0 Å². The molecule has 100 valence electrons. The number of hydrogen-bond donors (Lipinski definition) is 1. The van der Waals surface area contributed by atoms with E-state index in [4.69, 9.17) is 15.2 Å². The van der Waals surface area contributed by atoms with Crippen molar-refractivity contribution >= 4 is 17.4 Å². The summed E-state index contributed by atoms with van der Waals surface area (Å²) in [4.78, 5) is 1.12. The lowest BCUT2D eigenvalue weighted by molar-refractivity contribution is 0.405. The van der Waals surface area contributed by atoms with Crippen molar-refractivity contribution in [1.29, 1.82) is 0 Å². The lowest BCUT2D eigenvalue weighted by atomic mass is 10.2. The molecule has 0 spiro atoms. The summed E-state index contributed by atoms with van der Waals surface area (Å²) < 4.78 is 10.5. The monoisotopic (exact) mass is 275 g/mol. The van der Waals surface area contributed by atoms with Gasteiger partial charge in [-0.1, -0.05) is 18.2 Å². The van der Waals surface area contributed by atoms with Crippen LogP contribution in [0.4, 0.5) is 5.69 Å². The molecule has 0 unspecified atom stereocenters. The number of thioether (sulfide) groups is 1. The second-order valence-corrected chi connectivity index (χ2v) is 5.03. The van der Waals surface area contributed by atoms with Crippen molar-refractivity contribution in [2.24, 2.45) is 0 Å². The maximum Gasteiger partial charge on any atom is 0.141 e. The molecule has 19 heavy (non-hydrogen) atoms. The molecule has 0 aliphatic carbocycles. The van der Waals surface area contributed by atoms with Gasteiger partial charge in [-0.05, 0) is 29.8 Å². The lowest BCUT2D eigenvalue weighted by Gasteiger charge is -2.09. The van der Waals surface area contributed by atoms with Gasteiger partial charge in [-0.15, -0.1) is 11.8 Å². The van der Waals surface area contributed by atoms with Crippen molar-refractivity contribution in [3.63, 3.8) is 0 Å². The van der Waals surface area contributed by atoms with Crippen LogP contribution in [0.3, 0.4) is 0 Å². The van der Waals surface area contributed by atoms with Gasteiger partial charge in [-0.25, -0.2) is 0 Å². The molecule has 2 N–H and O–H groups in total. The first kappa shape index (κ1) is 13.6. The Morgan fingerprint density at radius 2 is 1.74 bits per heavy atom. The molecule has 0 amide bonds. The van der Waals surface area contributed by atoms with Gasteiger partial charge in [0.05, 0.1) is 19.9 Å². The van der Waals surface area contributed by atoms with Crippen LogP contribution in [0.2, 0.25) is 0 Å². The fourth-order valence-corrected chi connectivity index (χ4v) is 2.74.